The van der Waals surface area contributed by atoms with E-state index in [1.807, 2.05) is 68.5 Å². The van der Waals surface area contributed by atoms with Crippen LogP contribution in [0.1, 0.15) is 57.5 Å². The van der Waals surface area contributed by atoms with Gasteiger partial charge < -0.3 is 0 Å². The van der Waals surface area contributed by atoms with Crippen LogP contribution in [0.5, 0.6) is 0 Å². The van der Waals surface area contributed by atoms with Gasteiger partial charge in [0.25, 0.3) is 0 Å². The van der Waals surface area contributed by atoms with Crippen LogP contribution < -0.4 is 0 Å². The lowest BCUT2D eigenvalue weighted by molar-refractivity contribution is 0.0953. The molecule has 1 atom stereocenters. The molecule has 0 spiro atoms. The molecule has 0 amide bonds. The minimum atomic E-state index is 0.0213. The molecule has 1 aliphatic rings. The molecule has 0 bridgehead atoms. The Balaban J connectivity index is 1.83. The highest BCUT2D eigenvalue weighted by Crippen LogP contribution is 2.32. The fourth-order valence-corrected chi connectivity index (χ4v) is 3.64. The molecule has 1 aliphatic carbocycles. The molecule has 0 heterocycles. The fraction of sp³-hybridized carbons (Fsp3) is 0.304. The second-order valence-corrected chi connectivity index (χ2v) is 6.87. The summed E-state index contributed by atoms with van der Waals surface area (Å²) < 4.78 is 0. The van der Waals surface area contributed by atoms with Gasteiger partial charge in [0.05, 0.1) is 0 Å². The Morgan fingerprint density at radius 3 is 2.16 bits per heavy atom. The van der Waals surface area contributed by atoms with Gasteiger partial charge in [-0.1, -0.05) is 54.6 Å². The highest BCUT2D eigenvalue weighted by Gasteiger charge is 2.27. The molecule has 0 saturated carbocycles. The van der Waals surface area contributed by atoms with Crippen LogP contribution in [0, 0.1) is 19.8 Å². The van der Waals surface area contributed by atoms with Gasteiger partial charge in [0.2, 0.25) is 0 Å². The van der Waals surface area contributed by atoms with Crippen molar-refractivity contribution in [2.75, 3.05) is 0 Å². The van der Waals surface area contributed by atoms with Crippen molar-refractivity contribution < 1.29 is 9.59 Å². The maximum absolute atomic E-state index is 13.0. The van der Waals surface area contributed by atoms with Crippen molar-refractivity contribution in [3.8, 4) is 0 Å². The smallest absolute Gasteiger partial charge is 0.189 e. The second-order valence-electron chi connectivity index (χ2n) is 6.87. The molecule has 128 valence electrons. The SMILES string of the molecule is Cc1ccccc1C(=O)C[C@@H]1CCCC=C1C(=O)c1ccccc1C. The molecule has 0 unspecified atom stereocenters. The van der Waals surface area contributed by atoms with Gasteiger partial charge in [0.1, 0.15) is 0 Å². The van der Waals surface area contributed by atoms with E-state index in [0.29, 0.717) is 6.42 Å². The third kappa shape index (κ3) is 3.79. The zero-order valence-electron chi connectivity index (χ0n) is 14.9. The molecule has 2 aromatic carbocycles. The third-order valence-corrected chi connectivity index (χ3v) is 5.09. The van der Waals surface area contributed by atoms with Gasteiger partial charge in [0.15, 0.2) is 11.6 Å². The minimum Gasteiger partial charge on any atom is -0.294 e. The number of hydrogen-bond acceptors (Lipinski definition) is 2. The topological polar surface area (TPSA) is 34.1 Å². The Morgan fingerprint density at radius 2 is 1.52 bits per heavy atom. The monoisotopic (exact) mass is 332 g/mol. The number of rotatable bonds is 5. The van der Waals surface area contributed by atoms with Crippen molar-refractivity contribution in [1.82, 2.24) is 0 Å². The molecule has 25 heavy (non-hydrogen) atoms. The van der Waals surface area contributed by atoms with E-state index in [1.165, 1.54) is 0 Å². The summed E-state index contributed by atoms with van der Waals surface area (Å²) in [5.41, 5.74) is 4.34. The van der Waals surface area contributed by atoms with E-state index < -0.39 is 0 Å². The molecule has 0 N–H and O–H groups in total. The Kier molecular flexibility index (Phi) is 5.28. The number of allylic oxidation sites excluding steroid dienone is 2. The zero-order chi connectivity index (χ0) is 17.8. The molecule has 0 fully saturated rings. The normalized spacial score (nSPS) is 17.0. The summed E-state index contributed by atoms with van der Waals surface area (Å²) in [5.74, 6) is 0.238. The Hall–Kier alpha value is -2.48. The predicted molar refractivity (Wildman–Crippen MR) is 101 cm³/mol. The summed E-state index contributed by atoms with van der Waals surface area (Å²) in [5, 5.41) is 0. The number of carbonyl (C=O) groups is 2. The van der Waals surface area contributed by atoms with Crippen molar-refractivity contribution in [2.45, 2.75) is 39.5 Å². The summed E-state index contributed by atoms with van der Waals surface area (Å²) in [7, 11) is 0. The highest BCUT2D eigenvalue weighted by molar-refractivity contribution is 6.10. The first kappa shape index (κ1) is 17.3. The fourth-order valence-electron chi connectivity index (χ4n) is 3.64. The molecule has 2 nitrogen and oxygen atoms in total. The van der Waals surface area contributed by atoms with Crippen LogP contribution in [-0.2, 0) is 0 Å². The van der Waals surface area contributed by atoms with Crippen LogP contribution in [0.3, 0.4) is 0 Å². The molecule has 0 radical (unpaired) electrons. The van der Waals surface area contributed by atoms with E-state index >= 15 is 0 Å². The Bertz CT molecular complexity index is 829. The first-order chi connectivity index (χ1) is 12.1. The number of hydrogen-bond donors (Lipinski definition) is 0. The lowest BCUT2D eigenvalue weighted by Gasteiger charge is -2.23. The number of carbonyl (C=O) groups excluding carboxylic acids is 2. The Labute approximate surface area is 149 Å². The van der Waals surface area contributed by atoms with Crippen molar-refractivity contribution in [3.05, 3.63) is 82.4 Å². The van der Waals surface area contributed by atoms with Crippen LogP contribution in [0.4, 0.5) is 0 Å². The quantitative estimate of drug-likeness (QED) is 0.679. The summed E-state index contributed by atoms with van der Waals surface area (Å²) in [6.45, 7) is 3.92. The average Bonchev–Trinajstić information content (AvgIpc) is 2.62. The minimum absolute atomic E-state index is 0.0213. The summed E-state index contributed by atoms with van der Waals surface area (Å²) in [4.78, 5) is 25.8. The molecule has 2 heteroatoms. The summed E-state index contributed by atoms with van der Waals surface area (Å²) >= 11 is 0. The summed E-state index contributed by atoms with van der Waals surface area (Å²) in [6, 6.07) is 15.4. The number of Topliss-reactive ketones (excluding diaryl/α,β-unsaturated/α-hetero) is 2. The molecular weight excluding hydrogens is 308 g/mol. The molecule has 0 aliphatic heterocycles. The van der Waals surface area contributed by atoms with Crippen LogP contribution in [-0.4, -0.2) is 11.6 Å². The predicted octanol–water partition coefficient (Wildman–Crippen LogP) is 5.49. The zero-order valence-corrected chi connectivity index (χ0v) is 14.9. The van der Waals surface area contributed by atoms with Gasteiger partial charge in [-0.25, -0.2) is 0 Å². The maximum atomic E-state index is 13.0. The van der Waals surface area contributed by atoms with Crippen LogP contribution in [0.2, 0.25) is 0 Å². The van der Waals surface area contributed by atoms with Crippen molar-refractivity contribution in [2.24, 2.45) is 5.92 Å². The van der Waals surface area contributed by atoms with Gasteiger partial charge in [-0.15, -0.1) is 0 Å². The van der Waals surface area contributed by atoms with Crippen LogP contribution >= 0.6 is 0 Å². The number of benzene rings is 2. The molecular formula is C23H24O2. The van der Waals surface area contributed by atoms with Crippen molar-refractivity contribution in [3.63, 3.8) is 0 Å². The standard InChI is InChI=1S/C23H24O2/c1-16-9-3-6-12-19(16)22(24)15-18-11-5-8-14-21(18)23(25)20-13-7-4-10-17(20)2/h3-4,6-7,9-10,12-14,18H,5,8,11,15H2,1-2H3/t18-/m0/s1. The lowest BCUT2D eigenvalue weighted by atomic mass is 9.79. The second kappa shape index (κ2) is 7.60. The van der Waals surface area contributed by atoms with Crippen LogP contribution in [0.15, 0.2) is 60.2 Å². The van der Waals surface area contributed by atoms with Crippen molar-refractivity contribution >= 4 is 11.6 Å². The first-order valence-electron chi connectivity index (χ1n) is 8.97. The van der Waals surface area contributed by atoms with Crippen molar-refractivity contribution in [1.29, 1.82) is 0 Å². The average molecular weight is 332 g/mol. The van der Waals surface area contributed by atoms with Gasteiger partial charge in [0, 0.05) is 17.5 Å². The summed E-state index contributed by atoms with van der Waals surface area (Å²) in [6.07, 6.45) is 5.32. The highest BCUT2D eigenvalue weighted by atomic mass is 16.1. The maximum Gasteiger partial charge on any atom is 0.189 e. The molecule has 2 aromatic rings. The van der Waals surface area contributed by atoms with Gasteiger partial charge >= 0.3 is 0 Å². The van der Waals surface area contributed by atoms with E-state index in [-0.39, 0.29) is 17.5 Å². The largest absolute Gasteiger partial charge is 0.294 e. The van der Waals surface area contributed by atoms with Gasteiger partial charge in [-0.3, -0.25) is 9.59 Å². The third-order valence-electron chi connectivity index (χ3n) is 5.09. The van der Waals surface area contributed by atoms with E-state index in [0.717, 1.165) is 47.1 Å². The van der Waals surface area contributed by atoms with Gasteiger partial charge in [-0.05, 0) is 55.7 Å². The number of ketones is 2. The molecule has 3 rings (SSSR count). The number of aryl methyl sites for hydroxylation is 2. The molecule has 0 aromatic heterocycles. The lowest BCUT2D eigenvalue weighted by Crippen LogP contribution is -2.20. The van der Waals surface area contributed by atoms with E-state index in [1.54, 1.807) is 0 Å². The van der Waals surface area contributed by atoms with E-state index in [4.69, 9.17) is 0 Å². The van der Waals surface area contributed by atoms with Crippen LogP contribution in [0.25, 0.3) is 0 Å². The molecule has 0 saturated heterocycles. The Morgan fingerprint density at radius 1 is 0.920 bits per heavy atom. The van der Waals surface area contributed by atoms with Gasteiger partial charge in [-0.2, -0.15) is 0 Å². The first-order valence-corrected chi connectivity index (χ1v) is 8.97. The van der Waals surface area contributed by atoms with E-state index in [2.05, 4.69) is 0 Å². The van der Waals surface area contributed by atoms with E-state index in [9.17, 15) is 9.59 Å².